The van der Waals surface area contributed by atoms with Crippen molar-refractivity contribution in [1.29, 1.82) is 0 Å². The van der Waals surface area contributed by atoms with E-state index in [1.165, 1.54) is 0 Å². The van der Waals surface area contributed by atoms with Crippen molar-refractivity contribution in [1.82, 2.24) is 15.1 Å². The Morgan fingerprint density at radius 3 is 2.54 bits per heavy atom. The molecule has 0 atom stereocenters. The molecule has 3 rings (SSSR count). The Hall–Kier alpha value is -1.30. The number of hydrogen-bond acceptors (Lipinski definition) is 4. The van der Waals surface area contributed by atoms with Crippen molar-refractivity contribution in [3.05, 3.63) is 29.3 Å². The number of amides is 1. The van der Waals surface area contributed by atoms with Crippen LogP contribution in [-0.4, -0.2) is 74.6 Å². The molecule has 132 valence electrons. The number of anilines is 1. The number of piperazine rings is 1. The van der Waals surface area contributed by atoms with Crippen molar-refractivity contribution < 1.29 is 4.79 Å². The van der Waals surface area contributed by atoms with Gasteiger partial charge in [-0.2, -0.15) is 0 Å². The van der Waals surface area contributed by atoms with Gasteiger partial charge in [-0.05, 0) is 51.2 Å². The monoisotopic (exact) mass is 350 g/mol. The second-order valence-corrected chi connectivity index (χ2v) is 7.24. The molecule has 1 aromatic carbocycles. The van der Waals surface area contributed by atoms with Crippen LogP contribution >= 0.6 is 11.6 Å². The van der Waals surface area contributed by atoms with Crippen LogP contribution in [0.15, 0.2) is 24.3 Å². The van der Waals surface area contributed by atoms with E-state index in [9.17, 15) is 4.79 Å². The van der Waals surface area contributed by atoms with Gasteiger partial charge >= 0.3 is 0 Å². The van der Waals surface area contributed by atoms with Crippen LogP contribution in [-0.2, 0) is 4.79 Å². The van der Waals surface area contributed by atoms with Gasteiger partial charge in [0.15, 0.2) is 0 Å². The number of halogens is 1. The lowest BCUT2D eigenvalue weighted by molar-refractivity contribution is -0.130. The van der Waals surface area contributed by atoms with Crippen molar-refractivity contribution in [2.75, 3.05) is 57.8 Å². The highest BCUT2D eigenvalue weighted by molar-refractivity contribution is 6.30. The lowest BCUT2D eigenvalue weighted by Gasteiger charge is -2.36. The summed E-state index contributed by atoms with van der Waals surface area (Å²) in [6.45, 7) is 5.97. The van der Waals surface area contributed by atoms with Gasteiger partial charge in [0.05, 0.1) is 6.54 Å². The Bertz CT molecular complexity index is 552. The van der Waals surface area contributed by atoms with Gasteiger partial charge in [0.2, 0.25) is 5.91 Å². The largest absolute Gasteiger partial charge is 0.368 e. The van der Waals surface area contributed by atoms with Crippen molar-refractivity contribution in [3.8, 4) is 0 Å². The lowest BCUT2D eigenvalue weighted by Crippen LogP contribution is -2.52. The molecule has 0 saturated carbocycles. The number of carbonyl (C=O) groups excluding carboxylic acids is 1. The van der Waals surface area contributed by atoms with Crippen molar-refractivity contribution >= 4 is 23.2 Å². The first-order chi connectivity index (χ1) is 11.6. The van der Waals surface area contributed by atoms with Crippen LogP contribution in [0.25, 0.3) is 0 Å². The second-order valence-electron chi connectivity index (χ2n) is 6.81. The minimum atomic E-state index is 0.222. The quantitative estimate of drug-likeness (QED) is 0.896. The summed E-state index contributed by atoms with van der Waals surface area (Å²) in [6.07, 6.45) is 2.26. The molecule has 1 aromatic rings. The van der Waals surface area contributed by atoms with E-state index in [4.69, 9.17) is 11.6 Å². The molecular weight excluding hydrogens is 324 g/mol. The first kappa shape index (κ1) is 17.5. The minimum Gasteiger partial charge on any atom is -0.368 e. The van der Waals surface area contributed by atoms with Crippen molar-refractivity contribution in [2.24, 2.45) is 0 Å². The maximum absolute atomic E-state index is 12.4. The number of likely N-dealkylation sites (tertiary alicyclic amines) is 1. The number of piperidine rings is 1. The molecule has 1 N–H and O–H groups in total. The Kier molecular flexibility index (Phi) is 5.98. The Morgan fingerprint density at radius 1 is 1.17 bits per heavy atom. The summed E-state index contributed by atoms with van der Waals surface area (Å²) in [4.78, 5) is 19.0. The zero-order valence-corrected chi connectivity index (χ0v) is 15.1. The van der Waals surface area contributed by atoms with E-state index >= 15 is 0 Å². The number of nitrogens with zero attached hydrogens (tertiary/aromatic N) is 3. The highest BCUT2D eigenvalue weighted by Crippen LogP contribution is 2.20. The summed E-state index contributed by atoms with van der Waals surface area (Å²) in [5, 5.41) is 4.20. The summed E-state index contributed by atoms with van der Waals surface area (Å²) in [5.74, 6) is 0.222. The number of benzene rings is 1. The zero-order chi connectivity index (χ0) is 16.9. The topological polar surface area (TPSA) is 38.8 Å². The van der Waals surface area contributed by atoms with Crippen LogP contribution in [0.3, 0.4) is 0 Å². The average Bonchev–Trinajstić information content (AvgIpc) is 2.61. The maximum atomic E-state index is 12.4. The van der Waals surface area contributed by atoms with E-state index in [2.05, 4.69) is 28.2 Å². The third-order valence-electron chi connectivity index (χ3n) is 5.07. The van der Waals surface area contributed by atoms with E-state index in [0.717, 1.165) is 62.8 Å². The third kappa shape index (κ3) is 4.62. The van der Waals surface area contributed by atoms with Crippen LogP contribution in [0.1, 0.15) is 12.8 Å². The fourth-order valence-corrected chi connectivity index (χ4v) is 3.63. The van der Waals surface area contributed by atoms with Gasteiger partial charge < -0.3 is 20.0 Å². The van der Waals surface area contributed by atoms with Gasteiger partial charge in [-0.1, -0.05) is 17.7 Å². The molecule has 0 spiro atoms. The standard InChI is InChI=1S/C18H27ClN4O/c1-21-7-5-16(6-8-21)20-14-18(24)23-11-9-22(10-12-23)17-4-2-3-15(19)13-17/h2-4,13,16,20H,5-12,14H2,1H3. The molecular formula is C18H27ClN4O. The molecule has 2 aliphatic heterocycles. The molecule has 0 aromatic heterocycles. The van der Waals surface area contributed by atoms with E-state index in [-0.39, 0.29) is 5.91 Å². The molecule has 24 heavy (non-hydrogen) atoms. The molecule has 2 fully saturated rings. The molecule has 0 unspecified atom stereocenters. The van der Waals surface area contributed by atoms with Gasteiger partial charge in [-0.3, -0.25) is 4.79 Å². The summed E-state index contributed by atoms with van der Waals surface area (Å²) < 4.78 is 0. The summed E-state index contributed by atoms with van der Waals surface area (Å²) in [7, 11) is 2.15. The van der Waals surface area contributed by atoms with E-state index < -0.39 is 0 Å². The van der Waals surface area contributed by atoms with Crippen LogP contribution in [0, 0.1) is 0 Å². The molecule has 5 nitrogen and oxygen atoms in total. The molecule has 0 radical (unpaired) electrons. The Labute approximate surface area is 149 Å². The van der Waals surface area contributed by atoms with Crippen LogP contribution in [0.2, 0.25) is 5.02 Å². The fraction of sp³-hybridized carbons (Fsp3) is 0.611. The maximum Gasteiger partial charge on any atom is 0.236 e. The second kappa shape index (κ2) is 8.19. The molecule has 2 aliphatic rings. The number of nitrogens with one attached hydrogen (secondary N) is 1. The summed E-state index contributed by atoms with van der Waals surface area (Å²) in [5.41, 5.74) is 1.14. The average molecular weight is 351 g/mol. The highest BCUT2D eigenvalue weighted by atomic mass is 35.5. The first-order valence-electron chi connectivity index (χ1n) is 8.82. The number of carbonyl (C=O) groups is 1. The smallest absolute Gasteiger partial charge is 0.236 e. The van der Waals surface area contributed by atoms with E-state index in [1.54, 1.807) is 0 Å². The lowest BCUT2D eigenvalue weighted by atomic mass is 10.1. The highest BCUT2D eigenvalue weighted by Gasteiger charge is 2.23. The van der Waals surface area contributed by atoms with E-state index in [1.807, 2.05) is 23.1 Å². The van der Waals surface area contributed by atoms with Crippen LogP contribution in [0.5, 0.6) is 0 Å². The predicted octanol–water partition coefficient (Wildman–Crippen LogP) is 1.67. The van der Waals surface area contributed by atoms with Crippen LogP contribution in [0.4, 0.5) is 5.69 Å². The number of hydrogen-bond donors (Lipinski definition) is 1. The normalized spacial score (nSPS) is 20.4. The first-order valence-corrected chi connectivity index (χ1v) is 9.20. The van der Waals surface area contributed by atoms with E-state index in [0.29, 0.717) is 12.6 Å². The molecule has 1 amide bonds. The van der Waals surface area contributed by atoms with Crippen molar-refractivity contribution in [2.45, 2.75) is 18.9 Å². The molecule has 2 heterocycles. The van der Waals surface area contributed by atoms with Gasteiger partial charge in [0, 0.05) is 42.9 Å². The van der Waals surface area contributed by atoms with Gasteiger partial charge in [0.1, 0.15) is 0 Å². The van der Waals surface area contributed by atoms with Gasteiger partial charge in [-0.25, -0.2) is 0 Å². The minimum absolute atomic E-state index is 0.222. The molecule has 6 heteroatoms. The summed E-state index contributed by atoms with van der Waals surface area (Å²) in [6, 6.07) is 8.41. The summed E-state index contributed by atoms with van der Waals surface area (Å²) >= 11 is 6.06. The number of rotatable bonds is 4. The SMILES string of the molecule is CN1CCC(NCC(=O)N2CCN(c3cccc(Cl)c3)CC2)CC1. The van der Waals surface area contributed by atoms with Gasteiger partial charge in [-0.15, -0.1) is 0 Å². The predicted molar refractivity (Wildman–Crippen MR) is 98.8 cm³/mol. The fourth-order valence-electron chi connectivity index (χ4n) is 3.44. The van der Waals surface area contributed by atoms with Gasteiger partial charge in [0.25, 0.3) is 0 Å². The molecule has 0 bridgehead atoms. The Balaban J connectivity index is 1.42. The van der Waals surface area contributed by atoms with Crippen LogP contribution < -0.4 is 10.2 Å². The molecule has 0 aliphatic carbocycles. The third-order valence-corrected chi connectivity index (χ3v) is 5.30. The Morgan fingerprint density at radius 2 is 1.88 bits per heavy atom. The zero-order valence-electron chi connectivity index (χ0n) is 14.4. The molecule has 2 saturated heterocycles. The van der Waals surface area contributed by atoms with Crippen molar-refractivity contribution in [3.63, 3.8) is 0 Å².